The van der Waals surface area contributed by atoms with E-state index in [1.54, 1.807) is 25.1 Å². The summed E-state index contributed by atoms with van der Waals surface area (Å²) in [5.74, 6) is 0.578. The second-order valence-electron chi connectivity index (χ2n) is 6.89. The van der Waals surface area contributed by atoms with Crippen LogP contribution >= 0.6 is 0 Å². The lowest BCUT2D eigenvalue weighted by Gasteiger charge is -2.28. The second-order valence-corrected chi connectivity index (χ2v) is 6.89. The zero-order chi connectivity index (χ0) is 19.4. The summed E-state index contributed by atoms with van der Waals surface area (Å²) in [7, 11) is 3.41. The van der Waals surface area contributed by atoms with Crippen LogP contribution in [-0.2, 0) is 11.3 Å². The van der Waals surface area contributed by atoms with Gasteiger partial charge in [-0.3, -0.25) is 9.69 Å². The Balaban J connectivity index is 1.59. The van der Waals surface area contributed by atoms with Gasteiger partial charge in [-0.05, 0) is 47.9 Å². The Hall–Kier alpha value is -2.66. The lowest BCUT2D eigenvalue weighted by Crippen LogP contribution is -2.44. The summed E-state index contributed by atoms with van der Waals surface area (Å²) in [4.78, 5) is 16.6. The molecule has 2 aromatic rings. The standard InChI is InChI=1S/C22H25FN2O2/c1-16(22(26)24(2)14-17-5-4-6-20(23)13-17)25-12-11-19(15-25)18-7-9-21(27-3)10-8-18/h4-11,13,16H,12,14-15H2,1-3H3/t16-/m0/s1. The van der Waals surface area contributed by atoms with Gasteiger partial charge in [0.1, 0.15) is 11.6 Å². The molecule has 27 heavy (non-hydrogen) atoms. The highest BCUT2D eigenvalue weighted by Gasteiger charge is 2.27. The first-order valence-corrected chi connectivity index (χ1v) is 9.05. The Labute approximate surface area is 159 Å². The summed E-state index contributed by atoms with van der Waals surface area (Å²) >= 11 is 0. The maximum atomic E-state index is 13.3. The van der Waals surface area contributed by atoms with E-state index in [0.29, 0.717) is 6.54 Å². The predicted molar refractivity (Wildman–Crippen MR) is 105 cm³/mol. The number of carbonyl (C=O) groups is 1. The van der Waals surface area contributed by atoms with E-state index in [-0.39, 0.29) is 17.8 Å². The van der Waals surface area contributed by atoms with Crippen LogP contribution in [0.2, 0.25) is 0 Å². The molecule has 1 aliphatic rings. The van der Waals surface area contributed by atoms with Gasteiger partial charge in [-0.2, -0.15) is 0 Å². The summed E-state index contributed by atoms with van der Waals surface area (Å²) in [5, 5.41) is 0. The maximum absolute atomic E-state index is 13.3. The molecule has 0 saturated carbocycles. The van der Waals surface area contributed by atoms with Gasteiger partial charge in [-0.25, -0.2) is 4.39 Å². The van der Waals surface area contributed by atoms with Crippen LogP contribution in [0.5, 0.6) is 5.75 Å². The first-order valence-electron chi connectivity index (χ1n) is 9.05. The van der Waals surface area contributed by atoms with E-state index in [2.05, 4.69) is 11.0 Å². The molecular weight excluding hydrogens is 343 g/mol. The maximum Gasteiger partial charge on any atom is 0.239 e. The molecule has 0 aliphatic carbocycles. The number of likely N-dealkylation sites (N-methyl/N-ethyl adjacent to an activating group) is 1. The Morgan fingerprint density at radius 3 is 2.67 bits per heavy atom. The van der Waals surface area contributed by atoms with Gasteiger partial charge in [0.15, 0.2) is 0 Å². The quantitative estimate of drug-likeness (QED) is 0.781. The van der Waals surface area contributed by atoms with Crippen molar-refractivity contribution in [3.8, 4) is 5.75 Å². The minimum Gasteiger partial charge on any atom is -0.497 e. The summed E-state index contributed by atoms with van der Waals surface area (Å²) in [6.07, 6.45) is 2.16. The van der Waals surface area contributed by atoms with Crippen LogP contribution in [0.3, 0.4) is 0 Å². The first-order chi connectivity index (χ1) is 13.0. The fraction of sp³-hybridized carbons (Fsp3) is 0.318. The Morgan fingerprint density at radius 1 is 1.26 bits per heavy atom. The van der Waals surface area contributed by atoms with Gasteiger partial charge in [0, 0.05) is 26.7 Å². The van der Waals surface area contributed by atoms with Crippen LogP contribution in [0.4, 0.5) is 4.39 Å². The Morgan fingerprint density at radius 2 is 2.00 bits per heavy atom. The van der Waals surface area contributed by atoms with Gasteiger partial charge in [0.05, 0.1) is 13.2 Å². The summed E-state index contributed by atoms with van der Waals surface area (Å²) in [6, 6.07) is 14.1. The molecule has 142 valence electrons. The molecule has 2 aromatic carbocycles. The third-order valence-corrected chi connectivity index (χ3v) is 5.00. The van der Waals surface area contributed by atoms with Crippen LogP contribution < -0.4 is 4.74 Å². The lowest BCUT2D eigenvalue weighted by atomic mass is 10.1. The molecule has 3 rings (SSSR count). The first kappa shape index (κ1) is 19.1. The van der Waals surface area contributed by atoms with Crippen molar-refractivity contribution in [2.45, 2.75) is 19.5 Å². The van der Waals surface area contributed by atoms with Gasteiger partial charge in [-0.1, -0.05) is 30.3 Å². The van der Waals surface area contributed by atoms with Crippen LogP contribution in [0.15, 0.2) is 54.6 Å². The topological polar surface area (TPSA) is 32.8 Å². The number of rotatable bonds is 6. The third-order valence-electron chi connectivity index (χ3n) is 5.00. The van der Waals surface area contributed by atoms with Gasteiger partial charge in [0.25, 0.3) is 0 Å². The van der Waals surface area contributed by atoms with Crippen molar-refractivity contribution in [1.29, 1.82) is 0 Å². The predicted octanol–water partition coefficient (Wildman–Crippen LogP) is 3.58. The molecule has 0 fully saturated rings. The molecule has 0 unspecified atom stereocenters. The molecule has 0 bridgehead atoms. The average Bonchev–Trinajstić information content (AvgIpc) is 3.17. The van der Waals surface area contributed by atoms with E-state index in [1.165, 1.54) is 17.7 Å². The Kier molecular flexibility index (Phi) is 5.91. The van der Waals surface area contributed by atoms with Crippen molar-refractivity contribution < 1.29 is 13.9 Å². The van der Waals surface area contributed by atoms with Crippen molar-refractivity contribution in [3.63, 3.8) is 0 Å². The molecular formula is C22H25FN2O2. The molecule has 1 heterocycles. The second kappa shape index (κ2) is 8.35. The monoisotopic (exact) mass is 368 g/mol. The Bertz CT molecular complexity index is 832. The van der Waals surface area contributed by atoms with Crippen LogP contribution in [0.1, 0.15) is 18.1 Å². The smallest absolute Gasteiger partial charge is 0.239 e. The minimum atomic E-state index is -0.283. The van der Waals surface area contributed by atoms with E-state index in [0.717, 1.165) is 30.0 Å². The largest absolute Gasteiger partial charge is 0.497 e. The van der Waals surface area contributed by atoms with E-state index in [4.69, 9.17) is 4.74 Å². The van der Waals surface area contributed by atoms with E-state index in [1.807, 2.05) is 37.3 Å². The number of methoxy groups -OCH3 is 1. The number of carbonyl (C=O) groups excluding carboxylic acids is 1. The van der Waals surface area contributed by atoms with Crippen molar-refractivity contribution >= 4 is 11.5 Å². The van der Waals surface area contributed by atoms with Crippen molar-refractivity contribution in [1.82, 2.24) is 9.80 Å². The van der Waals surface area contributed by atoms with Crippen molar-refractivity contribution in [2.75, 3.05) is 27.2 Å². The molecule has 1 atom stereocenters. The molecule has 5 heteroatoms. The highest BCUT2D eigenvalue weighted by Crippen LogP contribution is 2.25. The van der Waals surface area contributed by atoms with Gasteiger partial charge < -0.3 is 9.64 Å². The fourth-order valence-electron chi connectivity index (χ4n) is 3.35. The third kappa shape index (κ3) is 4.55. The highest BCUT2D eigenvalue weighted by molar-refractivity contribution is 5.82. The number of benzene rings is 2. The van der Waals surface area contributed by atoms with Crippen molar-refractivity contribution in [3.05, 3.63) is 71.6 Å². The lowest BCUT2D eigenvalue weighted by molar-refractivity contribution is -0.135. The summed E-state index contributed by atoms with van der Waals surface area (Å²) < 4.78 is 18.6. The number of amides is 1. The fourth-order valence-corrected chi connectivity index (χ4v) is 3.35. The molecule has 1 amide bonds. The van der Waals surface area contributed by atoms with Crippen LogP contribution in [0, 0.1) is 5.82 Å². The minimum absolute atomic E-state index is 0.0312. The van der Waals surface area contributed by atoms with Gasteiger partial charge >= 0.3 is 0 Å². The molecule has 0 aromatic heterocycles. The molecule has 0 radical (unpaired) electrons. The molecule has 0 N–H and O–H groups in total. The SMILES string of the molecule is COc1ccc(C2=CCN([C@@H](C)C(=O)N(C)Cc3cccc(F)c3)C2)cc1. The van der Waals surface area contributed by atoms with Crippen LogP contribution in [0.25, 0.3) is 5.57 Å². The molecule has 0 saturated heterocycles. The van der Waals surface area contributed by atoms with Gasteiger partial charge in [0.2, 0.25) is 5.91 Å². The number of ether oxygens (including phenoxy) is 1. The molecule has 1 aliphatic heterocycles. The normalized spacial score (nSPS) is 15.3. The summed E-state index contributed by atoms with van der Waals surface area (Å²) in [6.45, 7) is 3.79. The van der Waals surface area contributed by atoms with E-state index < -0.39 is 0 Å². The number of hydrogen-bond donors (Lipinski definition) is 0. The van der Waals surface area contributed by atoms with Crippen molar-refractivity contribution in [2.24, 2.45) is 0 Å². The van der Waals surface area contributed by atoms with E-state index >= 15 is 0 Å². The summed E-state index contributed by atoms with van der Waals surface area (Å²) in [5.41, 5.74) is 3.15. The zero-order valence-corrected chi connectivity index (χ0v) is 16.0. The molecule has 0 spiro atoms. The average molecular weight is 368 g/mol. The zero-order valence-electron chi connectivity index (χ0n) is 16.0. The van der Waals surface area contributed by atoms with Gasteiger partial charge in [-0.15, -0.1) is 0 Å². The number of halogens is 1. The highest BCUT2D eigenvalue weighted by atomic mass is 19.1. The van der Waals surface area contributed by atoms with E-state index in [9.17, 15) is 9.18 Å². The number of nitrogens with zero attached hydrogens (tertiary/aromatic N) is 2. The molecule has 4 nitrogen and oxygen atoms in total. The van der Waals surface area contributed by atoms with Crippen LogP contribution in [-0.4, -0.2) is 49.0 Å². The number of hydrogen-bond acceptors (Lipinski definition) is 3.